The van der Waals surface area contributed by atoms with Crippen LogP contribution in [-0.2, 0) is 9.53 Å². The third-order valence-corrected chi connectivity index (χ3v) is 2.95. The van der Waals surface area contributed by atoms with Crippen LogP contribution in [0, 0.1) is 6.92 Å². The topological polar surface area (TPSA) is 61.3 Å². The lowest BCUT2D eigenvalue weighted by Gasteiger charge is -2.12. The van der Waals surface area contributed by atoms with Crippen LogP contribution in [0.5, 0.6) is 5.75 Å². The molecule has 0 aliphatic heterocycles. The van der Waals surface area contributed by atoms with Gasteiger partial charge in [0.25, 0.3) is 0 Å². The predicted molar refractivity (Wildman–Crippen MR) is 84.2 cm³/mol. The van der Waals surface area contributed by atoms with Crippen molar-refractivity contribution in [1.29, 1.82) is 0 Å². The Labute approximate surface area is 129 Å². The fourth-order valence-electron chi connectivity index (χ4n) is 1.82. The van der Waals surface area contributed by atoms with Crippen LogP contribution < -0.4 is 4.74 Å². The van der Waals surface area contributed by atoms with Gasteiger partial charge in [-0.25, -0.2) is 4.79 Å². The summed E-state index contributed by atoms with van der Waals surface area (Å²) in [6, 6.07) is 7.42. The van der Waals surface area contributed by atoms with Crippen LogP contribution in [0.25, 0.3) is 12.2 Å². The SMILES string of the molecule is COC(=O)C(C)Oc1ccc(C=Cc2cncc(C)n2)cc1. The molecule has 1 atom stereocenters. The van der Waals surface area contributed by atoms with Crippen molar-refractivity contribution in [3.63, 3.8) is 0 Å². The molecule has 1 unspecified atom stereocenters. The summed E-state index contributed by atoms with van der Waals surface area (Å²) < 4.78 is 10.1. The normalized spacial score (nSPS) is 12.1. The highest BCUT2D eigenvalue weighted by atomic mass is 16.6. The number of rotatable bonds is 5. The number of hydrogen-bond donors (Lipinski definition) is 0. The highest BCUT2D eigenvalue weighted by Gasteiger charge is 2.14. The Morgan fingerprint density at radius 3 is 2.55 bits per heavy atom. The second-order valence-corrected chi connectivity index (χ2v) is 4.77. The number of nitrogens with zero attached hydrogens (tertiary/aromatic N) is 2. The molecule has 0 fully saturated rings. The van der Waals surface area contributed by atoms with Gasteiger partial charge in [-0.3, -0.25) is 9.97 Å². The van der Waals surface area contributed by atoms with Crippen LogP contribution >= 0.6 is 0 Å². The Bertz CT molecular complexity index is 666. The standard InChI is InChI=1S/C17H18N2O3/c1-12-10-18-11-15(19-12)7-4-14-5-8-16(9-6-14)22-13(2)17(20)21-3/h4-11,13H,1-3H3. The minimum absolute atomic E-state index is 0.401. The van der Waals surface area contributed by atoms with Gasteiger partial charge in [-0.05, 0) is 37.6 Å². The van der Waals surface area contributed by atoms with Crippen molar-refractivity contribution in [2.75, 3.05) is 7.11 Å². The zero-order valence-electron chi connectivity index (χ0n) is 12.8. The van der Waals surface area contributed by atoms with Crippen LogP contribution in [0.15, 0.2) is 36.7 Å². The first kappa shape index (κ1) is 15.7. The molecule has 0 bridgehead atoms. The summed E-state index contributed by atoms with van der Waals surface area (Å²) in [6.07, 6.45) is 6.63. The average molecular weight is 298 g/mol. The number of aryl methyl sites for hydroxylation is 1. The van der Waals surface area contributed by atoms with Crippen LogP contribution in [0.3, 0.4) is 0 Å². The lowest BCUT2D eigenvalue weighted by Crippen LogP contribution is -2.24. The van der Waals surface area contributed by atoms with E-state index in [0.717, 1.165) is 17.0 Å². The first-order valence-electron chi connectivity index (χ1n) is 6.90. The first-order chi connectivity index (χ1) is 10.6. The Hall–Kier alpha value is -2.69. The summed E-state index contributed by atoms with van der Waals surface area (Å²) in [7, 11) is 1.34. The van der Waals surface area contributed by atoms with E-state index < -0.39 is 12.1 Å². The molecule has 0 saturated carbocycles. The second kappa shape index (κ2) is 7.36. The zero-order chi connectivity index (χ0) is 15.9. The maximum absolute atomic E-state index is 11.3. The number of ether oxygens (including phenoxy) is 2. The molecule has 1 heterocycles. The quantitative estimate of drug-likeness (QED) is 0.794. The minimum atomic E-state index is -0.631. The molecular formula is C17H18N2O3. The number of benzene rings is 1. The summed E-state index contributed by atoms with van der Waals surface area (Å²) in [5, 5.41) is 0. The molecule has 0 amide bonds. The van der Waals surface area contributed by atoms with E-state index in [4.69, 9.17) is 4.74 Å². The summed E-state index contributed by atoms with van der Waals surface area (Å²) in [4.78, 5) is 19.7. The van der Waals surface area contributed by atoms with E-state index in [2.05, 4.69) is 14.7 Å². The Kier molecular flexibility index (Phi) is 5.25. The number of esters is 1. The first-order valence-corrected chi connectivity index (χ1v) is 6.90. The van der Waals surface area contributed by atoms with E-state index in [1.165, 1.54) is 7.11 Å². The third kappa shape index (κ3) is 4.41. The van der Waals surface area contributed by atoms with Gasteiger partial charge in [0.15, 0.2) is 6.10 Å². The van der Waals surface area contributed by atoms with E-state index in [0.29, 0.717) is 5.75 Å². The molecule has 1 aromatic carbocycles. The third-order valence-electron chi connectivity index (χ3n) is 2.95. The van der Waals surface area contributed by atoms with Gasteiger partial charge in [0.05, 0.1) is 24.7 Å². The van der Waals surface area contributed by atoms with Crippen LogP contribution in [-0.4, -0.2) is 29.2 Å². The summed E-state index contributed by atoms with van der Waals surface area (Å²) in [5.41, 5.74) is 2.68. The maximum Gasteiger partial charge on any atom is 0.346 e. The number of hydrogen-bond acceptors (Lipinski definition) is 5. The number of carbonyl (C=O) groups excluding carboxylic acids is 1. The van der Waals surface area contributed by atoms with Gasteiger partial charge in [0, 0.05) is 6.20 Å². The van der Waals surface area contributed by atoms with E-state index in [1.807, 2.05) is 31.2 Å². The summed E-state index contributed by atoms with van der Waals surface area (Å²) >= 11 is 0. The average Bonchev–Trinajstić information content (AvgIpc) is 2.53. The van der Waals surface area contributed by atoms with Gasteiger partial charge in [-0.1, -0.05) is 18.2 Å². The monoisotopic (exact) mass is 298 g/mol. The molecule has 0 aliphatic rings. The maximum atomic E-state index is 11.3. The molecule has 0 spiro atoms. The molecule has 2 aromatic rings. The van der Waals surface area contributed by atoms with E-state index in [-0.39, 0.29) is 0 Å². The van der Waals surface area contributed by atoms with Crippen molar-refractivity contribution in [1.82, 2.24) is 9.97 Å². The second-order valence-electron chi connectivity index (χ2n) is 4.77. The molecule has 114 valence electrons. The lowest BCUT2D eigenvalue weighted by molar-refractivity contribution is -0.147. The molecule has 1 aromatic heterocycles. The van der Waals surface area contributed by atoms with E-state index in [9.17, 15) is 4.79 Å². The molecule has 5 heteroatoms. The fourth-order valence-corrected chi connectivity index (χ4v) is 1.82. The van der Waals surface area contributed by atoms with Gasteiger partial charge in [0.2, 0.25) is 0 Å². The minimum Gasteiger partial charge on any atom is -0.479 e. The predicted octanol–water partition coefficient (Wildman–Crippen LogP) is 2.90. The Balaban J connectivity index is 2.01. The van der Waals surface area contributed by atoms with Crippen molar-refractivity contribution in [2.45, 2.75) is 20.0 Å². The van der Waals surface area contributed by atoms with Crippen LogP contribution in [0.1, 0.15) is 23.9 Å². The molecule has 0 N–H and O–H groups in total. The van der Waals surface area contributed by atoms with Crippen molar-refractivity contribution in [3.8, 4) is 5.75 Å². The summed E-state index contributed by atoms with van der Waals surface area (Å²) in [6.45, 7) is 3.55. The van der Waals surface area contributed by atoms with Crippen molar-refractivity contribution >= 4 is 18.1 Å². The van der Waals surface area contributed by atoms with E-state index in [1.54, 1.807) is 31.5 Å². The van der Waals surface area contributed by atoms with Crippen molar-refractivity contribution in [2.24, 2.45) is 0 Å². The molecule has 0 radical (unpaired) electrons. The highest BCUT2D eigenvalue weighted by Crippen LogP contribution is 2.16. The summed E-state index contributed by atoms with van der Waals surface area (Å²) in [5.74, 6) is 0.215. The van der Waals surface area contributed by atoms with Crippen LogP contribution in [0.4, 0.5) is 0 Å². The van der Waals surface area contributed by atoms with Gasteiger partial charge in [-0.2, -0.15) is 0 Å². The number of methoxy groups -OCH3 is 1. The molecule has 0 aliphatic carbocycles. The molecule has 2 rings (SSSR count). The van der Waals surface area contributed by atoms with Crippen molar-refractivity contribution in [3.05, 3.63) is 53.6 Å². The largest absolute Gasteiger partial charge is 0.479 e. The van der Waals surface area contributed by atoms with Gasteiger partial charge in [0.1, 0.15) is 5.75 Å². The molecule has 22 heavy (non-hydrogen) atoms. The van der Waals surface area contributed by atoms with Crippen molar-refractivity contribution < 1.29 is 14.3 Å². The molecule has 5 nitrogen and oxygen atoms in total. The molecular weight excluding hydrogens is 280 g/mol. The molecule has 0 saturated heterocycles. The van der Waals surface area contributed by atoms with Crippen LogP contribution in [0.2, 0.25) is 0 Å². The highest BCUT2D eigenvalue weighted by molar-refractivity contribution is 5.74. The van der Waals surface area contributed by atoms with E-state index >= 15 is 0 Å². The van der Waals surface area contributed by atoms with Gasteiger partial charge < -0.3 is 9.47 Å². The number of aromatic nitrogens is 2. The fraction of sp³-hybridized carbons (Fsp3) is 0.235. The lowest BCUT2D eigenvalue weighted by atomic mass is 10.2. The number of carbonyl (C=O) groups is 1. The van der Waals surface area contributed by atoms with Gasteiger partial charge >= 0.3 is 5.97 Å². The smallest absolute Gasteiger partial charge is 0.346 e. The van der Waals surface area contributed by atoms with Gasteiger partial charge in [-0.15, -0.1) is 0 Å². The Morgan fingerprint density at radius 1 is 1.18 bits per heavy atom. The zero-order valence-corrected chi connectivity index (χ0v) is 12.8. The Morgan fingerprint density at radius 2 is 1.91 bits per heavy atom.